The standard InChI is InChI=1S/C18H31IO8Si/c1-7-28(8-2,9-3)27-18-15(19)17(25-13(6)22)16(24-12(5)21)14(26-18)10-23-11(4)20/h14-18H,7-10H2,1-6H3/t14-,15+,16-,17-,18+/m1/s1. The van der Waals surface area contributed by atoms with Crippen molar-refractivity contribution in [3.05, 3.63) is 0 Å². The molecule has 0 N–H and O–H groups in total. The zero-order valence-corrected chi connectivity index (χ0v) is 20.5. The molecule has 1 aliphatic rings. The van der Waals surface area contributed by atoms with E-state index in [1.807, 2.05) is 0 Å². The largest absolute Gasteiger partial charge is 0.463 e. The van der Waals surface area contributed by atoms with E-state index in [4.69, 9.17) is 23.4 Å². The van der Waals surface area contributed by atoms with E-state index in [2.05, 4.69) is 43.4 Å². The molecule has 0 radical (unpaired) electrons. The van der Waals surface area contributed by atoms with E-state index in [1.54, 1.807) is 0 Å². The molecule has 0 aromatic rings. The van der Waals surface area contributed by atoms with Crippen LogP contribution in [0.1, 0.15) is 41.5 Å². The fraction of sp³-hybridized carbons (Fsp3) is 0.833. The summed E-state index contributed by atoms with van der Waals surface area (Å²) < 4.78 is 28.2. The number of halogens is 1. The van der Waals surface area contributed by atoms with Gasteiger partial charge < -0.3 is 23.4 Å². The predicted molar refractivity (Wildman–Crippen MR) is 112 cm³/mol. The molecule has 1 saturated heterocycles. The first-order valence-corrected chi connectivity index (χ1v) is 13.3. The van der Waals surface area contributed by atoms with Crippen LogP contribution in [0.25, 0.3) is 0 Å². The zero-order chi connectivity index (χ0) is 21.5. The van der Waals surface area contributed by atoms with Gasteiger partial charge in [-0.3, -0.25) is 14.4 Å². The summed E-state index contributed by atoms with van der Waals surface area (Å²) in [6, 6.07) is 2.76. The number of hydrogen-bond acceptors (Lipinski definition) is 8. The van der Waals surface area contributed by atoms with Gasteiger partial charge in [0, 0.05) is 20.8 Å². The number of rotatable bonds is 9. The van der Waals surface area contributed by atoms with Crippen molar-refractivity contribution >= 4 is 48.8 Å². The van der Waals surface area contributed by atoms with Crippen LogP contribution in [0, 0.1) is 0 Å². The first-order chi connectivity index (χ1) is 13.1. The van der Waals surface area contributed by atoms with Crippen molar-refractivity contribution in [1.82, 2.24) is 0 Å². The van der Waals surface area contributed by atoms with Crippen LogP contribution in [0.15, 0.2) is 0 Å². The van der Waals surface area contributed by atoms with Crippen molar-refractivity contribution in [2.75, 3.05) is 6.61 Å². The molecule has 1 heterocycles. The third-order valence-corrected chi connectivity index (χ3v) is 10.8. The van der Waals surface area contributed by atoms with Crippen molar-refractivity contribution < 1.29 is 37.8 Å². The normalized spacial score (nSPS) is 27.8. The molecule has 0 aromatic carbocycles. The molecule has 10 heteroatoms. The quantitative estimate of drug-likeness (QED) is 0.148. The third-order valence-electron chi connectivity index (χ3n) is 4.93. The molecular weight excluding hydrogens is 499 g/mol. The van der Waals surface area contributed by atoms with Crippen molar-refractivity contribution in [2.24, 2.45) is 0 Å². The second kappa shape index (κ2) is 11.5. The molecule has 0 amide bonds. The van der Waals surface area contributed by atoms with Crippen molar-refractivity contribution in [3.8, 4) is 0 Å². The molecule has 1 fully saturated rings. The van der Waals surface area contributed by atoms with E-state index in [1.165, 1.54) is 20.8 Å². The predicted octanol–water partition coefficient (Wildman–Crippen LogP) is 2.96. The van der Waals surface area contributed by atoms with Gasteiger partial charge >= 0.3 is 17.9 Å². The van der Waals surface area contributed by atoms with E-state index in [0.29, 0.717) is 0 Å². The van der Waals surface area contributed by atoms with Crippen LogP contribution in [0.3, 0.4) is 0 Å². The summed E-state index contributed by atoms with van der Waals surface area (Å²) in [7, 11) is -2.03. The lowest BCUT2D eigenvalue weighted by Gasteiger charge is -2.45. The van der Waals surface area contributed by atoms with E-state index in [0.717, 1.165) is 18.1 Å². The number of esters is 3. The fourth-order valence-electron chi connectivity index (χ4n) is 3.20. The van der Waals surface area contributed by atoms with Crippen LogP contribution >= 0.6 is 22.6 Å². The molecule has 0 unspecified atom stereocenters. The Bertz CT molecular complexity index is 545. The highest BCUT2D eigenvalue weighted by molar-refractivity contribution is 14.1. The molecule has 0 spiro atoms. The van der Waals surface area contributed by atoms with Crippen LogP contribution in [0.4, 0.5) is 0 Å². The maximum atomic E-state index is 11.7. The minimum Gasteiger partial charge on any atom is -0.463 e. The topological polar surface area (TPSA) is 97.4 Å². The summed E-state index contributed by atoms with van der Waals surface area (Å²) in [4.78, 5) is 34.6. The van der Waals surface area contributed by atoms with Crippen LogP contribution in [-0.4, -0.2) is 61.4 Å². The molecular formula is C18H31IO8Si. The molecule has 0 aromatic heterocycles. The Morgan fingerprint density at radius 1 is 0.893 bits per heavy atom. The number of alkyl halides is 1. The fourth-order valence-corrected chi connectivity index (χ4v) is 7.05. The monoisotopic (exact) mass is 530 g/mol. The number of ether oxygens (including phenoxy) is 4. The van der Waals surface area contributed by atoms with Gasteiger partial charge in [-0.05, 0) is 18.1 Å². The zero-order valence-electron chi connectivity index (χ0n) is 17.4. The minimum atomic E-state index is -2.03. The third kappa shape index (κ3) is 6.96. The molecule has 162 valence electrons. The maximum absolute atomic E-state index is 11.7. The molecule has 1 aliphatic heterocycles. The van der Waals surface area contributed by atoms with Gasteiger partial charge in [-0.15, -0.1) is 0 Å². The van der Waals surface area contributed by atoms with Crippen LogP contribution in [0.2, 0.25) is 18.1 Å². The Labute approximate surface area is 181 Å². The highest BCUT2D eigenvalue weighted by Gasteiger charge is 2.51. The van der Waals surface area contributed by atoms with Gasteiger partial charge in [0.2, 0.25) is 0 Å². The SMILES string of the molecule is CC[Si](CC)(CC)O[C@@H]1O[C@H](COC(C)=O)[C@@H](OC(C)=O)[C@H](OC(C)=O)[C@@H]1I. The van der Waals surface area contributed by atoms with Crippen molar-refractivity contribution in [1.29, 1.82) is 0 Å². The van der Waals surface area contributed by atoms with E-state index in [-0.39, 0.29) is 6.61 Å². The van der Waals surface area contributed by atoms with Crippen LogP contribution in [0.5, 0.6) is 0 Å². The Morgan fingerprint density at radius 3 is 1.82 bits per heavy atom. The first kappa shape index (κ1) is 25.3. The van der Waals surface area contributed by atoms with Crippen LogP contribution < -0.4 is 0 Å². The molecule has 0 aliphatic carbocycles. The Morgan fingerprint density at radius 2 is 1.39 bits per heavy atom. The second-order valence-corrected chi connectivity index (χ2v) is 13.0. The average Bonchev–Trinajstić information content (AvgIpc) is 2.62. The molecule has 28 heavy (non-hydrogen) atoms. The Balaban J connectivity index is 3.20. The molecule has 5 atom stereocenters. The van der Waals surface area contributed by atoms with Gasteiger partial charge in [0.1, 0.15) is 16.6 Å². The lowest BCUT2D eigenvalue weighted by atomic mass is 10.0. The van der Waals surface area contributed by atoms with Gasteiger partial charge in [-0.2, -0.15) is 0 Å². The smallest absolute Gasteiger partial charge is 0.303 e. The van der Waals surface area contributed by atoms with E-state index < -0.39 is 54.8 Å². The highest BCUT2D eigenvalue weighted by atomic mass is 127. The van der Waals surface area contributed by atoms with Crippen molar-refractivity contribution in [2.45, 2.75) is 88.2 Å². The second-order valence-electron chi connectivity index (χ2n) is 6.80. The summed E-state index contributed by atoms with van der Waals surface area (Å²) in [5.74, 6) is -1.52. The molecule has 0 saturated carbocycles. The summed E-state index contributed by atoms with van der Waals surface area (Å²) in [5, 5.41) is 0. The van der Waals surface area contributed by atoms with Gasteiger partial charge in [0.15, 0.2) is 26.8 Å². The van der Waals surface area contributed by atoms with E-state index >= 15 is 0 Å². The lowest BCUT2D eigenvalue weighted by molar-refractivity contribution is -0.242. The molecule has 0 bridgehead atoms. The van der Waals surface area contributed by atoms with Crippen molar-refractivity contribution in [3.63, 3.8) is 0 Å². The van der Waals surface area contributed by atoms with Gasteiger partial charge in [-0.25, -0.2) is 0 Å². The minimum absolute atomic E-state index is 0.132. The first-order valence-electron chi connectivity index (χ1n) is 9.54. The summed E-state index contributed by atoms with van der Waals surface area (Å²) >= 11 is 2.11. The number of carbonyl (C=O) groups is 3. The summed E-state index contributed by atoms with van der Waals surface area (Å²) in [6.45, 7) is 10.0. The highest BCUT2D eigenvalue weighted by Crippen LogP contribution is 2.35. The Kier molecular flexibility index (Phi) is 10.4. The number of hydrogen-bond donors (Lipinski definition) is 0. The van der Waals surface area contributed by atoms with Gasteiger partial charge in [-0.1, -0.05) is 43.4 Å². The summed E-state index contributed by atoms with van der Waals surface area (Å²) in [6.07, 6.45) is -3.14. The molecule has 1 rings (SSSR count). The number of carbonyl (C=O) groups excluding carboxylic acids is 3. The van der Waals surface area contributed by atoms with Gasteiger partial charge in [0.25, 0.3) is 0 Å². The van der Waals surface area contributed by atoms with Gasteiger partial charge in [0.05, 0.1) is 0 Å². The van der Waals surface area contributed by atoms with E-state index in [9.17, 15) is 14.4 Å². The molecule has 8 nitrogen and oxygen atoms in total. The Hall–Kier alpha value is -0.723. The maximum Gasteiger partial charge on any atom is 0.303 e. The van der Waals surface area contributed by atoms with Crippen LogP contribution in [-0.2, 0) is 37.8 Å². The average molecular weight is 530 g/mol. The lowest BCUT2D eigenvalue weighted by Crippen LogP contribution is -2.61. The summed E-state index contributed by atoms with van der Waals surface area (Å²) in [5.41, 5.74) is 0.